The summed E-state index contributed by atoms with van der Waals surface area (Å²) in [5.41, 5.74) is 1.13. The fourth-order valence-corrected chi connectivity index (χ4v) is 2.93. The molecule has 0 unspecified atom stereocenters. The number of nitrogens with one attached hydrogen (secondary N) is 1. The van der Waals surface area contributed by atoms with Crippen LogP contribution in [0.5, 0.6) is 11.5 Å². The number of ether oxygens (including phenoxy) is 2. The summed E-state index contributed by atoms with van der Waals surface area (Å²) in [6.45, 7) is 6.61. The van der Waals surface area contributed by atoms with Gasteiger partial charge in [-0.1, -0.05) is 13.8 Å². The molecule has 0 fully saturated rings. The van der Waals surface area contributed by atoms with Gasteiger partial charge in [0.15, 0.2) is 0 Å². The van der Waals surface area contributed by atoms with Crippen LogP contribution >= 0.6 is 11.3 Å². The molecule has 21 heavy (non-hydrogen) atoms. The summed E-state index contributed by atoms with van der Waals surface area (Å²) < 4.78 is 11.3. The molecular formula is C17H23NO2S. The molecule has 0 aliphatic heterocycles. The van der Waals surface area contributed by atoms with Crippen LogP contribution in [0.25, 0.3) is 0 Å². The molecule has 0 radical (unpaired) electrons. The van der Waals surface area contributed by atoms with Crippen molar-refractivity contribution in [1.29, 1.82) is 0 Å². The third-order valence-electron chi connectivity index (χ3n) is 3.27. The highest BCUT2D eigenvalue weighted by Gasteiger charge is 2.07. The van der Waals surface area contributed by atoms with Gasteiger partial charge in [-0.2, -0.15) is 0 Å². The van der Waals surface area contributed by atoms with Crippen molar-refractivity contribution in [3.63, 3.8) is 0 Å². The zero-order valence-corrected chi connectivity index (χ0v) is 13.8. The first-order valence-corrected chi connectivity index (χ1v) is 8.16. The van der Waals surface area contributed by atoms with Gasteiger partial charge in [0.2, 0.25) is 0 Å². The lowest BCUT2D eigenvalue weighted by molar-refractivity contribution is 0.304. The molecule has 1 N–H and O–H groups in total. The Kier molecular flexibility index (Phi) is 6.08. The van der Waals surface area contributed by atoms with Crippen LogP contribution in [0, 0.1) is 0 Å². The Morgan fingerprint density at radius 2 is 1.90 bits per heavy atom. The second-order valence-electron chi connectivity index (χ2n) is 4.76. The number of aryl methyl sites for hydroxylation is 1. The molecular weight excluding hydrogens is 282 g/mol. The van der Waals surface area contributed by atoms with E-state index in [2.05, 4.69) is 31.3 Å². The molecule has 0 spiro atoms. The van der Waals surface area contributed by atoms with Gasteiger partial charge in [-0.15, -0.1) is 11.3 Å². The Labute approximate surface area is 130 Å². The van der Waals surface area contributed by atoms with Gasteiger partial charge in [-0.25, -0.2) is 0 Å². The fourth-order valence-electron chi connectivity index (χ4n) is 2.06. The second-order valence-corrected chi connectivity index (χ2v) is 6.02. The standard InChI is InChI=1S/C17H23NO2S/c1-4-15-7-8-16(21-15)12-20-17-9-6-14(19-3)10-13(17)11-18-5-2/h6-10,18H,4-5,11-12H2,1-3H3. The first kappa shape index (κ1) is 15.9. The summed E-state index contributed by atoms with van der Waals surface area (Å²) in [6.07, 6.45) is 1.08. The lowest BCUT2D eigenvalue weighted by Gasteiger charge is -2.13. The van der Waals surface area contributed by atoms with E-state index in [1.54, 1.807) is 7.11 Å². The highest BCUT2D eigenvalue weighted by Crippen LogP contribution is 2.26. The largest absolute Gasteiger partial charge is 0.497 e. The van der Waals surface area contributed by atoms with E-state index in [4.69, 9.17) is 9.47 Å². The first-order chi connectivity index (χ1) is 10.3. The van der Waals surface area contributed by atoms with Gasteiger partial charge in [0.1, 0.15) is 18.1 Å². The van der Waals surface area contributed by atoms with Crippen LogP contribution in [0.2, 0.25) is 0 Å². The van der Waals surface area contributed by atoms with Gasteiger partial charge in [-0.3, -0.25) is 0 Å². The molecule has 4 heteroatoms. The van der Waals surface area contributed by atoms with Gasteiger partial charge in [0.05, 0.1) is 7.11 Å². The van der Waals surface area contributed by atoms with Crippen LogP contribution in [0.15, 0.2) is 30.3 Å². The number of hydrogen-bond acceptors (Lipinski definition) is 4. The third-order valence-corrected chi connectivity index (χ3v) is 4.47. The molecule has 0 atom stereocenters. The Hall–Kier alpha value is -1.52. The van der Waals surface area contributed by atoms with Crippen molar-refractivity contribution in [3.05, 3.63) is 45.6 Å². The molecule has 0 saturated carbocycles. The van der Waals surface area contributed by atoms with Crippen molar-refractivity contribution >= 4 is 11.3 Å². The van der Waals surface area contributed by atoms with E-state index in [0.29, 0.717) is 6.61 Å². The molecule has 0 aliphatic rings. The maximum atomic E-state index is 5.99. The number of hydrogen-bond donors (Lipinski definition) is 1. The zero-order chi connectivity index (χ0) is 15.1. The number of benzene rings is 1. The highest BCUT2D eigenvalue weighted by molar-refractivity contribution is 7.11. The van der Waals surface area contributed by atoms with E-state index in [1.165, 1.54) is 9.75 Å². The third kappa shape index (κ3) is 4.48. The van der Waals surface area contributed by atoms with Crippen LogP contribution < -0.4 is 14.8 Å². The van der Waals surface area contributed by atoms with Gasteiger partial charge < -0.3 is 14.8 Å². The van der Waals surface area contributed by atoms with Gasteiger partial charge in [0, 0.05) is 21.9 Å². The maximum Gasteiger partial charge on any atom is 0.124 e. The zero-order valence-electron chi connectivity index (χ0n) is 12.9. The maximum absolute atomic E-state index is 5.99. The van der Waals surface area contributed by atoms with Crippen molar-refractivity contribution in [1.82, 2.24) is 5.32 Å². The average Bonchev–Trinajstić information content (AvgIpc) is 2.99. The second kappa shape index (κ2) is 8.05. The van der Waals surface area contributed by atoms with Crippen molar-refractivity contribution in [2.45, 2.75) is 33.4 Å². The van der Waals surface area contributed by atoms with E-state index in [-0.39, 0.29) is 0 Å². The van der Waals surface area contributed by atoms with Crippen molar-refractivity contribution < 1.29 is 9.47 Å². The molecule has 0 aliphatic carbocycles. The molecule has 0 amide bonds. The van der Waals surface area contributed by atoms with Crippen LogP contribution in [-0.2, 0) is 19.6 Å². The summed E-state index contributed by atoms with van der Waals surface area (Å²) in [5.74, 6) is 1.78. The predicted molar refractivity (Wildman–Crippen MR) is 88.4 cm³/mol. The monoisotopic (exact) mass is 305 g/mol. The predicted octanol–water partition coefficient (Wildman–Crippen LogP) is 4.01. The Morgan fingerprint density at radius 1 is 1.10 bits per heavy atom. The molecule has 3 nitrogen and oxygen atoms in total. The van der Waals surface area contributed by atoms with E-state index >= 15 is 0 Å². The Balaban J connectivity index is 2.06. The molecule has 1 aromatic carbocycles. The van der Waals surface area contributed by atoms with Gasteiger partial charge in [0.25, 0.3) is 0 Å². The van der Waals surface area contributed by atoms with Crippen LogP contribution in [0.1, 0.15) is 29.2 Å². The quantitative estimate of drug-likeness (QED) is 0.799. The smallest absolute Gasteiger partial charge is 0.124 e. The Morgan fingerprint density at radius 3 is 2.57 bits per heavy atom. The van der Waals surface area contributed by atoms with E-state index in [9.17, 15) is 0 Å². The van der Waals surface area contributed by atoms with Gasteiger partial charge in [-0.05, 0) is 43.3 Å². The molecule has 2 rings (SSSR count). The van der Waals surface area contributed by atoms with Gasteiger partial charge >= 0.3 is 0 Å². The number of thiophene rings is 1. The summed E-state index contributed by atoms with van der Waals surface area (Å²) >= 11 is 1.82. The number of rotatable bonds is 8. The summed E-state index contributed by atoms with van der Waals surface area (Å²) in [4.78, 5) is 2.66. The van der Waals surface area contributed by atoms with E-state index in [0.717, 1.165) is 36.6 Å². The van der Waals surface area contributed by atoms with Crippen LogP contribution in [-0.4, -0.2) is 13.7 Å². The lowest BCUT2D eigenvalue weighted by atomic mass is 10.2. The highest BCUT2D eigenvalue weighted by atomic mass is 32.1. The number of methoxy groups -OCH3 is 1. The van der Waals surface area contributed by atoms with E-state index < -0.39 is 0 Å². The summed E-state index contributed by atoms with van der Waals surface area (Å²) in [7, 11) is 1.69. The summed E-state index contributed by atoms with van der Waals surface area (Å²) in [5, 5.41) is 3.33. The van der Waals surface area contributed by atoms with Crippen LogP contribution in [0.3, 0.4) is 0 Å². The SMILES string of the molecule is CCNCc1cc(OC)ccc1OCc1ccc(CC)s1. The fraction of sp³-hybridized carbons (Fsp3) is 0.412. The normalized spacial score (nSPS) is 10.6. The van der Waals surface area contributed by atoms with Crippen LogP contribution in [0.4, 0.5) is 0 Å². The minimum absolute atomic E-state index is 0.621. The van der Waals surface area contributed by atoms with E-state index in [1.807, 2.05) is 29.5 Å². The van der Waals surface area contributed by atoms with Crippen molar-refractivity contribution in [2.75, 3.05) is 13.7 Å². The minimum atomic E-state index is 0.621. The molecule has 2 aromatic rings. The Bertz CT molecular complexity index is 566. The molecule has 1 heterocycles. The molecule has 114 valence electrons. The molecule has 0 bridgehead atoms. The van der Waals surface area contributed by atoms with Crippen molar-refractivity contribution in [2.24, 2.45) is 0 Å². The minimum Gasteiger partial charge on any atom is -0.497 e. The molecule has 1 aromatic heterocycles. The first-order valence-electron chi connectivity index (χ1n) is 7.34. The topological polar surface area (TPSA) is 30.5 Å². The summed E-state index contributed by atoms with van der Waals surface area (Å²) in [6, 6.07) is 10.3. The molecule has 0 saturated heterocycles. The average molecular weight is 305 g/mol. The lowest BCUT2D eigenvalue weighted by Crippen LogP contribution is -2.13. The van der Waals surface area contributed by atoms with Crippen molar-refractivity contribution in [3.8, 4) is 11.5 Å².